The third-order valence-corrected chi connectivity index (χ3v) is 1.93. The minimum atomic E-state index is -2.56. The van der Waals surface area contributed by atoms with Crippen molar-refractivity contribution >= 4 is 52.2 Å². The fourth-order valence-electron chi connectivity index (χ4n) is 0.981. The van der Waals surface area contributed by atoms with Crippen molar-refractivity contribution in [1.29, 1.82) is 0 Å². The molecular weight excluding hydrogens is 231 g/mol. The third-order valence-electron chi connectivity index (χ3n) is 1.54. The van der Waals surface area contributed by atoms with Gasteiger partial charge in [-0.15, -0.1) is 0 Å². The van der Waals surface area contributed by atoms with Crippen molar-refractivity contribution in [1.82, 2.24) is 0 Å². The van der Waals surface area contributed by atoms with Crippen molar-refractivity contribution < 1.29 is 13.7 Å². The summed E-state index contributed by atoms with van der Waals surface area (Å²) in [6.07, 6.45) is 0. The van der Waals surface area contributed by atoms with Crippen LogP contribution in [0.3, 0.4) is 0 Å². The first kappa shape index (κ1) is 14.5. The monoisotopic (exact) mass is 238 g/mol. The van der Waals surface area contributed by atoms with Crippen LogP contribution in [0, 0.1) is 17.0 Å². The number of anilines is 1. The van der Waals surface area contributed by atoms with E-state index in [2.05, 4.69) is 0 Å². The average Bonchev–Trinajstić information content (AvgIpc) is 2.01. The van der Waals surface area contributed by atoms with Crippen LogP contribution in [0.2, 0.25) is 0 Å². The maximum atomic E-state index is 10.5. The Hall–Kier alpha value is -0.470. The molecule has 0 aliphatic rings. The molecule has 0 heterocycles. The Morgan fingerprint density at radius 3 is 2.53 bits per heavy atom. The van der Waals surface area contributed by atoms with Gasteiger partial charge < -0.3 is 9.27 Å². The zero-order valence-electron chi connectivity index (χ0n) is 8.22. The van der Waals surface area contributed by atoms with Gasteiger partial charge in [0.05, 0.1) is 4.92 Å². The van der Waals surface area contributed by atoms with E-state index in [0.717, 1.165) is 5.56 Å². The van der Waals surface area contributed by atoms with Crippen LogP contribution >= 0.6 is 0 Å². The molecule has 0 aliphatic carbocycles. The molecule has 0 saturated carbocycles. The van der Waals surface area contributed by atoms with Gasteiger partial charge in [-0.2, -0.15) is 0 Å². The van der Waals surface area contributed by atoms with Gasteiger partial charge in [0.2, 0.25) is 0 Å². The molecular formula is C7H7N2NaO4S-. The minimum absolute atomic E-state index is 0. The Morgan fingerprint density at radius 1 is 1.47 bits per heavy atom. The van der Waals surface area contributed by atoms with Crippen LogP contribution < -0.4 is 4.72 Å². The molecule has 77 valence electrons. The maximum absolute atomic E-state index is 10.5. The van der Waals surface area contributed by atoms with Gasteiger partial charge in [0.15, 0.2) is 0 Å². The predicted molar refractivity (Wildman–Crippen MR) is 56.1 cm³/mol. The van der Waals surface area contributed by atoms with E-state index < -0.39 is 16.2 Å². The number of nitrogens with zero attached hydrogens (tertiary/aromatic N) is 1. The second kappa shape index (κ2) is 6.19. The number of nitrogens with one attached hydrogen (secondary N) is 1. The van der Waals surface area contributed by atoms with E-state index in [0.29, 0.717) is 0 Å². The molecule has 0 fully saturated rings. The first-order valence-electron chi connectivity index (χ1n) is 3.61. The van der Waals surface area contributed by atoms with E-state index in [1.807, 2.05) is 4.72 Å². The van der Waals surface area contributed by atoms with Crippen LogP contribution in [0.1, 0.15) is 5.56 Å². The van der Waals surface area contributed by atoms with Crippen LogP contribution in [-0.4, -0.2) is 43.2 Å². The summed E-state index contributed by atoms with van der Waals surface area (Å²) < 4.78 is 22.6. The summed E-state index contributed by atoms with van der Waals surface area (Å²) in [7, 11) is 0. The number of benzene rings is 1. The molecule has 0 amide bonds. The quantitative estimate of drug-likeness (QED) is 0.363. The van der Waals surface area contributed by atoms with E-state index in [4.69, 9.17) is 0 Å². The second-order valence-corrected chi connectivity index (χ2v) is 3.29. The predicted octanol–water partition coefficient (Wildman–Crippen LogP) is 0.728. The van der Waals surface area contributed by atoms with Crippen LogP contribution in [0.25, 0.3) is 0 Å². The van der Waals surface area contributed by atoms with Crippen molar-refractivity contribution in [3.8, 4) is 0 Å². The van der Waals surface area contributed by atoms with Crippen molar-refractivity contribution in [2.45, 2.75) is 6.92 Å². The average molecular weight is 238 g/mol. The molecule has 1 atom stereocenters. The zero-order valence-corrected chi connectivity index (χ0v) is 11.0. The normalized spacial score (nSPS) is 11.3. The van der Waals surface area contributed by atoms with Gasteiger partial charge in [-0.3, -0.25) is 14.3 Å². The van der Waals surface area contributed by atoms with Crippen molar-refractivity contribution in [3.63, 3.8) is 0 Å². The van der Waals surface area contributed by atoms with Crippen molar-refractivity contribution in [2.24, 2.45) is 0 Å². The molecule has 1 unspecified atom stereocenters. The van der Waals surface area contributed by atoms with Gasteiger partial charge in [-0.25, -0.2) is 0 Å². The van der Waals surface area contributed by atoms with Gasteiger partial charge in [-0.1, -0.05) is 6.07 Å². The molecule has 1 rings (SSSR count). The van der Waals surface area contributed by atoms with Crippen molar-refractivity contribution in [3.05, 3.63) is 33.9 Å². The molecule has 0 saturated heterocycles. The van der Waals surface area contributed by atoms with E-state index in [1.54, 1.807) is 6.92 Å². The Balaban J connectivity index is 0.00000196. The zero-order chi connectivity index (χ0) is 10.7. The smallest absolute Gasteiger partial charge is 0.293 e. The summed E-state index contributed by atoms with van der Waals surface area (Å²) in [5.41, 5.74) is 0.451. The van der Waals surface area contributed by atoms with Crippen LogP contribution in [0.4, 0.5) is 11.4 Å². The van der Waals surface area contributed by atoms with E-state index in [-0.39, 0.29) is 40.9 Å². The largest absolute Gasteiger partial charge is 0.755 e. The SMILES string of the molecule is Cc1ccc([N+](=O)[O-])c(NS(=O)[O-])c1.[Na]. The molecule has 8 heteroatoms. The van der Waals surface area contributed by atoms with E-state index >= 15 is 0 Å². The summed E-state index contributed by atoms with van der Waals surface area (Å²) in [4.78, 5) is 9.83. The van der Waals surface area contributed by atoms with Gasteiger partial charge in [0, 0.05) is 46.9 Å². The molecule has 0 aromatic heterocycles. The van der Waals surface area contributed by atoms with Gasteiger partial charge in [0.25, 0.3) is 5.69 Å². The van der Waals surface area contributed by atoms with E-state index in [1.165, 1.54) is 18.2 Å². The molecule has 1 aromatic rings. The van der Waals surface area contributed by atoms with Crippen LogP contribution in [-0.2, 0) is 11.3 Å². The van der Waals surface area contributed by atoms with Crippen LogP contribution in [0.15, 0.2) is 18.2 Å². The fourth-order valence-corrected chi connectivity index (χ4v) is 1.32. The molecule has 1 N–H and O–H groups in total. The summed E-state index contributed by atoms with van der Waals surface area (Å²) in [5, 5.41) is 10.5. The van der Waals surface area contributed by atoms with E-state index in [9.17, 15) is 18.9 Å². The molecule has 15 heavy (non-hydrogen) atoms. The molecule has 1 radical (unpaired) electrons. The Bertz CT molecular complexity index is 399. The standard InChI is InChI=1S/C7H8N2O4S.Na/c1-5-2-3-7(9(10)11)6(4-5)8-14(12)13;/h2-4,8H,1H3,(H,12,13);/p-1. The summed E-state index contributed by atoms with van der Waals surface area (Å²) in [6.45, 7) is 1.71. The number of aryl methyl sites for hydroxylation is 1. The summed E-state index contributed by atoms with van der Waals surface area (Å²) in [5.74, 6) is 0. The second-order valence-electron chi connectivity index (χ2n) is 2.61. The summed E-state index contributed by atoms with van der Waals surface area (Å²) >= 11 is -2.56. The fraction of sp³-hybridized carbons (Fsp3) is 0.143. The third kappa shape index (κ3) is 4.27. The number of nitro groups is 1. The minimum Gasteiger partial charge on any atom is -0.755 e. The van der Waals surface area contributed by atoms with Crippen LogP contribution in [0.5, 0.6) is 0 Å². The van der Waals surface area contributed by atoms with Gasteiger partial charge in [-0.05, 0) is 18.6 Å². The molecule has 1 aromatic carbocycles. The van der Waals surface area contributed by atoms with Crippen molar-refractivity contribution in [2.75, 3.05) is 4.72 Å². The summed E-state index contributed by atoms with van der Waals surface area (Å²) in [6, 6.07) is 4.19. The molecule has 0 spiro atoms. The Labute approximate surface area is 111 Å². The maximum Gasteiger partial charge on any atom is 0.293 e. The Morgan fingerprint density at radius 2 is 2.07 bits per heavy atom. The van der Waals surface area contributed by atoms with Gasteiger partial charge in [0.1, 0.15) is 5.69 Å². The molecule has 6 nitrogen and oxygen atoms in total. The first-order chi connectivity index (χ1) is 6.50. The topological polar surface area (TPSA) is 95.3 Å². The number of nitro benzene ring substituents is 1. The number of hydrogen-bond donors (Lipinski definition) is 1. The molecule has 0 aliphatic heterocycles. The van der Waals surface area contributed by atoms with Gasteiger partial charge >= 0.3 is 0 Å². The number of hydrogen-bond acceptors (Lipinski definition) is 4. The number of rotatable bonds is 3. The Kier molecular flexibility index (Phi) is 5.99. The first-order valence-corrected chi connectivity index (χ1v) is 4.69. The molecule has 0 bridgehead atoms.